The van der Waals surface area contributed by atoms with E-state index in [9.17, 15) is 24.6 Å². The fourth-order valence-corrected chi connectivity index (χ4v) is 3.21. The maximum atomic E-state index is 12.5. The van der Waals surface area contributed by atoms with Gasteiger partial charge in [0.2, 0.25) is 0 Å². The second kappa shape index (κ2) is 7.78. The molecule has 2 aliphatic rings. The van der Waals surface area contributed by atoms with Crippen molar-refractivity contribution in [1.82, 2.24) is 0 Å². The molecule has 148 valence electrons. The molecular weight excluding hydrogens is 352 g/mol. The summed E-state index contributed by atoms with van der Waals surface area (Å²) in [5.41, 5.74) is -1.09. The molecule has 0 radical (unpaired) electrons. The van der Waals surface area contributed by atoms with E-state index in [1.54, 1.807) is 19.9 Å². The number of Topliss-reactive ketones (excluding diaryl/α,β-unsaturated/α-hetero) is 1. The van der Waals surface area contributed by atoms with Crippen molar-refractivity contribution in [2.75, 3.05) is 0 Å². The van der Waals surface area contributed by atoms with Crippen molar-refractivity contribution in [3.63, 3.8) is 0 Å². The molecular formula is C20H26O7. The average Bonchev–Trinajstić information content (AvgIpc) is 2.88. The molecule has 2 rings (SSSR count). The molecule has 27 heavy (non-hydrogen) atoms. The molecule has 2 N–H and O–H groups in total. The van der Waals surface area contributed by atoms with Crippen LogP contribution in [0.15, 0.2) is 35.5 Å². The third-order valence-corrected chi connectivity index (χ3v) is 5.26. The lowest BCUT2D eigenvalue weighted by molar-refractivity contribution is -0.179. The second-order valence-corrected chi connectivity index (χ2v) is 7.29. The van der Waals surface area contributed by atoms with Crippen LogP contribution in [0, 0.1) is 5.92 Å². The van der Waals surface area contributed by atoms with Gasteiger partial charge >= 0.3 is 11.9 Å². The normalized spacial score (nSPS) is 35.3. The summed E-state index contributed by atoms with van der Waals surface area (Å²) in [7, 11) is 0. The molecule has 0 aromatic heterocycles. The number of aliphatic hydroxyl groups is 2. The summed E-state index contributed by atoms with van der Waals surface area (Å²) in [4.78, 5) is 36.9. The molecule has 0 spiro atoms. The highest BCUT2D eigenvalue weighted by Gasteiger charge is 2.53. The number of ether oxygens (including phenoxy) is 2. The van der Waals surface area contributed by atoms with Gasteiger partial charge in [-0.2, -0.15) is 0 Å². The fourth-order valence-electron chi connectivity index (χ4n) is 3.21. The van der Waals surface area contributed by atoms with Gasteiger partial charge in [0.05, 0.1) is 5.92 Å². The Labute approximate surface area is 158 Å². The van der Waals surface area contributed by atoms with Crippen LogP contribution in [0.25, 0.3) is 0 Å². The Balaban J connectivity index is 2.57. The van der Waals surface area contributed by atoms with E-state index in [1.807, 2.05) is 0 Å². The Morgan fingerprint density at radius 3 is 2.63 bits per heavy atom. The summed E-state index contributed by atoms with van der Waals surface area (Å²) in [6.07, 6.45) is -0.423. The highest BCUT2D eigenvalue weighted by Crippen LogP contribution is 2.38. The second-order valence-electron chi connectivity index (χ2n) is 7.29. The molecule has 0 saturated carbocycles. The lowest BCUT2D eigenvalue weighted by atomic mass is 9.78. The molecule has 0 bridgehead atoms. The van der Waals surface area contributed by atoms with Gasteiger partial charge in [0.25, 0.3) is 0 Å². The minimum Gasteiger partial charge on any atom is -0.455 e. The van der Waals surface area contributed by atoms with Gasteiger partial charge in [0, 0.05) is 17.6 Å². The molecule has 1 fully saturated rings. The van der Waals surface area contributed by atoms with Crippen LogP contribution in [-0.2, 0) is 23.9 Å². The Kier molecular flexibility index (Phi) is 6.07. The highest BCUT2D eigenvalue weighted by atomic mass is 16.6. The van der Waals surface area contributed by atoms with Gasteiger partial charge < -0.3 is 19.7 Å². The van der Waals surface area contributed by atoms with Crippen LogP contribution in [0.2, 0.25) is 0 Å². The van der Waals surface area contributed by atoms with Crippen LogP contribution in [-0.4, -0.2) is 51.8 Å². The van der Waals surface area contributed by atoms with Gasteiger partial charge in [-0.1, -0.05) is 18.2 Å². The summed E-state index contributed by atoms with van der Waals surface area (Å²) in [5.74, 6) is -2.90. The standard InChI is InChI=1S/C20H26O7/c1-6-11(3)18(23)27-16-15-12(4)19(24)26-13(15)9-10(2)7-8-14(21)20(5,25)17(16)22/h6,9,13,15-17,22,25H,4,7-8H2,1-3,5H3/t13?,15-,16+,17+,20-/m0/s1. The van der Waals surface area contributed by atoms with Crippen LogP contribution in [0.1, 0.15) is 40.5 Å². The number of fused-ring (bicyclic) bond motifs is 1. The lowest BCUT2D eigenvalue weighted by Gasteiger charge is -2.37. The first-order chi connectivity index (χ1) is 12.5. The van der Waals surface area contributed by atoms with Crippen molar-refractivity contribution in [3.8, 4) is 0 Å². The summed E-state index contributed by atoms with van der Waals surface area (Å²) in [6, 6.07) is 0. The van der Waals surface area contributed by atoms with Crippen molar-refractivity contribution in [2.45, 2.75) is 64.4 Å². The van der Waals surface area contributed by atoms with Crippen molar-refractivity contribution >= 4 is 17.7 Å². The third kappa shape index (κ3) is 4.04. The van der Waals surface area contributed by atoms with Gasteiger partial charge in [-0.25, -0.2) is 9.59 Å². The van der Waals surface area contributed by atoms with Crippen molar-refractivity contribution < 1.29 is 34.1 Å². The van der Waals surface area contributed by atoms with E-state index in [2.05, 4.69) is 6.58 Å². The van der Waals surface area contributed by atoms with Crippen LogP contribution in [0.3, 0.4) is 0 Å². The molecule has 5 atom stereocenters. The number of esters is 2. The average molecular weight is 378 g/mol. The minimum absolute atomic E-state index is 0.00672. The third-order valence-electron chi connectivity index (χ3n) is 5.26. The van der Waals surface area contributed by atoms with Gasteiger partial charge in [-0.05, 0) is 40.2 Å². The van der Waals surface area contributed by atoms with E-state index in [0.717, 1.165) is 5.57 Å². The van der Waals surface area contributed by atoms with E-state index >= 15 is 0 Å². The zero-order valence-electron chi connectivity index (χ0n) is 16.0. The first kappa shape index (κ1) is 21.1. The quantitative estimate of drug-likeness (QED) is 0.424. The Morgan fingerprint density at radius 2 is 2.04 bits per heavy atom. The number of rotatable bonds is 2. The Hall–Kier alpha value is -2.25. The monoisotopic (exact) mass is 378 g/mol. The molecule has 1 unspecified atom stereocenters. The number of ketones is 1. The summed E-state index contributed by atoms with van der Waals surface area (Å²) in [6.45, 7) is 9.84. The summed E-state index contributed by atoms with van der Waals surface area (Å²) in [5, 5.41) is 21.5. The van der Waals surface area contributed by atoms with Gasteiger partial charge in [0.1, 0.15) is 23.9 Å². The molecule has 1 aliphatic heterocycles. The predicted octanol–water partition coefficient (Wildman–Crippen LogP) is 1.38. The van der Waals surface area contributed by atoms with Crippen LogP contribution in [0.4, 0.5) is 0 Å². The first-order valence-corrected chi connectivity index (χ1v) is 8.85. The van der Waals surface area contributed by atoms with E-state index in [0.29, 0.717) is 6.42 Å². The number of hydrogen-bond donors (Lipinski definition) is 2. The SMILES string of the molecule is C=C1C(=O)OC2C=C(C)CCC(=O)[C@](C)(O)[C@H](O)[C@H](OC(=O)C(C)=CC)[C@@H]12. The van der Waals surface area contributed by atoms with E-state index < -0.39 is 47.6 Å². The molecule has 7 nitrogen and oxygen atoms in total. The predicted molar refractivity (Wildman–Crippen MR) is 96.4 cm³/mol. The maximum absolute atomic E-state index is 12.5. The zero-order valence-corrected chi connectivity index (χ0v) is 16.0. The van der Waals surface area contributed by atoms with Crippen molar-refractivity contribution in [2.24, 2.45) is 5.92 Å². The van der Waals surface area contributed by atoms with Crippen LogP contribution >= 0.6 is 0 Å². The van der Waals surface area contributed by atoms with E-state index in [1.165, 1.54) is 19.9 Å². The molecule has 0 aromatic carbocycles. The van der Waals surface area contributed by atoms with Crippen molar-refractivity contribution in [1.29, 1.82) is 0 Å². The minimum atomic E-state index is -2.16. The zero-order chi connectivity index (χ0) is 20.5. The van der Waals surface area contributed by atoms with Gasteiger partial charge in [0.15, 0.2) is 5.78 Å². The van der Waals surface area contributed by atoms with Crippen LogP contribution < -0.4 is 0 Å². The van der Waals surface area contributed by atoms with E-state index in [-0.39, 0.29) is 17.6 Å². The highest BCUT2D eigenvalue weighted by molar-refractivity contribution is 5.92. The number of hydrogen-bond acceptors (Lipinski definition) is 7. The lowest BCUT2D eigenvalue weighted by Crippen LogP contribution is -2.57. The molecule has 1 heterocycles. The van der Waals surface area contributed by atoms with Crippen molar-refractivity contribution in [3.05, 3.63) is 35.5 Å². The fraction of sp³-hybridized carbons (Fsp3) is 0.550. The molecule has 1 aliphatic carbocycles. The molecule has 7 heteroatoms. The Bertz CT molecular complexity index is 729. The molecule has 1 saturated heterocycles. The number of allylic oxidation sites excluding steroid dienone is 2. The van der Waals surface area contributed by atoms with E-state index in [4.69, 9.17) is 9.47 Å². The first-order valence-electron chi connectivity index (χ1n) is 8.85. The number of carbonyl (C=O) groups excluding carboxylic acids is 3. The molecule has 0 aromatic rings. The number of aliphatic hydroxyl groups excluding tert-OH is 1. The molecule has 0 amide bonds. The number of carbonyl (C=O) groups is 3. The maximum Gasteiger partial charge on any atom is 0.334 e. The Morgan fingerprint density at radius 1 is 1.41 bits per heavy atom. The summed E-state index contributed by atoms with van der Waals surface area (Å²) >= 11 is 0. The van der Waals surface area contributed by atoms with Crippen LogP contribution in [0.5, 0.6) is 0 Å². The topological polar surface area (TPSA) is 110 Å². The van der Waals surface area contributed by atoms with Gasteiger partial charge in [-0.3, -0.25) is 4.79 Å². The van der Waals surface area contributed by atoms with Gasteiger partial charge in [-0.15, -0.1) is 0 Å². The summed E-state index contributed by atoms with van der Waals surface area (Å²) < 4.78 is 10.8. The smallest absolute Gasteiger partial charge is 0.334 e. The largest absolute Gasteiger partial charge is 0.455 e.